The third kappa shape index (κ3) is 3.28. The van der Waals surface area contributed by atoms with Crippen LogP contribution in [0.5, 0.6) is 0 Å². The van der Waals surface area contributed by atoms with Gasteiger partial charge in [0.15, 0.2) is 0 Å². The van der Waals surface area contributed by atoms with E-state index in [1.807, 2.05) is 24.3 Å². The van der Waals surface area contributed by atoms with Crippen LogP contribution in [0, 0.1) is 0 Å². The Morgan fingerprint density at radius 2 is 1.56 bits per heavy atom. The van der Waals surface area contributed by atoms with Crippen molar-refractivity contribution in [2.45, 2.75) is 6.04 Å². The van der Waals surface area contributed by atoms with Crippen molar-refractivity contribution in [1.29, 1.82) is 0 Å². The quantitative estimate of drug-likeness (QED) is 0.689. The number of halogens is 4. The molecule has 0 aliphatic carbocycles. The Balaban J connectivity index is 2.44. The number of hydrogen-bond donors (Lipinski definition) is 1. The summed E-state index contributed by atoms with van der Waals surface area (Å²) in [6.07, 6.45) is 0. The van der Waals surface area contributed by atoms with Crippen molar-refractivity contribution in [2.75, 3.05) is 0 Å². The molecule has 18 heavy (non-hydrogen) atoms. The second kappa shape index (κ2) is 5.93. The zero-order valence-electron chi connectivity index (χ0n) is 9.13. The molecule has 94 valence electrons. The van der Waals surface area contributed by atoms with Gasteiger partial charge in [-0.1, -0.05) is 61.1 Å². The van der Waals surface area contributed by atoms with Crippen LogP contribution in [0.3, 0.4) is 0 Å². The molecule has 0 spiro atoms. The first kappa shape index (κ1) is 14.4. The lowest BCUT2D eigenvalue weighted by atomic mass is 10.00. The van der Waals surface area contributed by atoms with Crippen LogP contribution in [0.4, 0.5) is 0 Å². The van der Waals surface area contributed by atoms with Crippen LogP contribution in [0.2, 0.25) is 10.0 Å². The van der Waals surface area contributed by atoms with Gasteiger partial charge in [0, 0.05) is 19.0 Å². The molecule has 5 heteroatoms. The lowest BCUT2D eigenvalue weighted by molar-refractivity contribution is 0.870. The van der Waals surface area contributed by atoms with Crippen molar-refractivity contribution < 1.29 is 0 Å². The smallest absolute Gasteiger partial charge is 0.0567 e. The summed E-state index contributed by atoms with van der Waals surface area (Å²) < 4.78 is 1.93. The van der Waals surface area contributed by atoms with Crippen molar-refractivity contribution in [2.24, 2.45) is 5.73 Å². The average Bonchev–Trinajstić information content (AvgIpc) is 2.26. The molecular weight excluding hydrogens is 401 g/mol. The highest BCUT2D eigenvalue weighted by molar-refractivity contribution is 9.11. The maximum absolute atomic E-state index is 6.24. The minimum Gasteiger partial charge on any atom is -0.320 e. The summed E-state index contributed by atoms with van der Waals surface area (Å²) in [6.45, 7) is 0. The zero-order valence-corrected chi connectivity index (χ0v) is 13.8. The van der Waals surface area contributed by atoms with Crippen LogP contribution in [0.15, 0.2) is 45.3 Å². The third-order valence-electron chi connectivity index (χ3n) is 2.54. The monoisotopic (exact) mass is 407 g/mol. The highest BCUT2D eigenvalue weighted by atomic mass is 79.9. The Hall–Kier alpha value is -0.0600. The maximum Gasteiger partial charge on any atom is 0.0567 e. The summed E-state index contributed by atoms with van der Waals surface area (Å²) in [4.78, 5) is 0. The van der Waals surface area contributed by atoms with Gasteiger partial charge in [0.25, 0.3) is 0 Å². The number of benzene rings is 2. The first-order valence-corrected chi connectivity index (χ1v) is 7.48. The molecule has 0 aliphatic heterocycles. The molecule has 1 unspecified atom stereocenters. The van der Waals surface area contributed by atoms with Crippen LogP contribution in [0.25, 0.3) is 0 Å². The first-order valence-electron chi connectivity index (χ1n) is 5.14. The fourth-order valence-electron chi connectivity index (χ4n) is 1.69. The summed E-state index contributed by atoms with van der Waals surface area (Å²) >= 11 is 18.9. The van der Waals surface area contributed by atoms with Crippen LogP contribution >= 0.6 is 55.1 Å². The standard InChI is InChI=1S/C13H9Br2Cl2N/c14-8-3-7(4-9(15)5-8)13(18)11-2-1-10(16)6-12(11)17/h1-6,13H,18H2. The number of nitrogens with two attached hydrogens (primary N) is 1. The van der Waals surface area contributed by atoms with Crippen LogP contribution in [-0.4, -0.2) is 0 Å². The molecule has 1 nitrogen and oxygen atoms in total. The summed E-state index contributed by atoms with van der Waals surface area (Å²) in [6, 6.07) is 11.0. The third-order valence-corrected chi connectivity index (χ3v) is 4.02. The fraction of sp³-hybridized carbons (Fsp3) is 0.0769. The van der Waals surface area contributed by atoms with Gasteiger partial charge in [-0.3, -0.25) is 0 Å². The predicted octanol–water partition coefficient (Wildman–Crippen LogP) is 5.57. The van der Waals surface area contributed by atoms with Gasteiger partial charge >= 0.3 is 0 Å². The first-order chi connectivity index (χ1) is 8.47. The molecule has 0 heterocycles. The Labute approximate surface area is 133 Å². The van der Waals surface area contributed by atoms with Crippen molar-refractivity contribution >= 4 is 55.1 Å². The molecule has 2 aromatic carbocycles. The SMILES string of the molecule is NC(c1cc(Br)cc(Br)c1)c1ccc(Cl)cc1Cl. The van der Waals surface area contributed by atoms with Crippen molar-refractivity contribution in [1.82, 2.24) is 0 Å². The van der Waals surface area contributed by atoms with E-state index in [1.54, 1.807) is 12.1 Å². The molecule has 0 aromatic heterocycles. The molecule has 2 N–H and O–H groups in total. The van der Waals surface area contributed by atoms with Crippen molar-refractivity contribution in [3.8, 4) is 0 Å². The lowest BCUT2D eigenvalue weighted by Gasteiger charge is -2.15. The Kier molecular flexibility index (Phi) is 4.73. The maximum atomic E-state index is 6.24. The Bertz CT molecular complexity index is 567. The summed E-state index contributed by atoms with van der Waals surface area (Å²) in [5.74, 6) is 0. The summed E-state index contributed by atoms with van der Waals surface area (Å²) in [7, 11) is 0. The molecule has 0 fully saturated rings. The molecule has 0 radical (unpaired) electrons. The van der Waals surface area contributed by atoms with Gasteiger partial charge in [-0.15, -0.1) is 0 Å². The Morgan fingerprint density at radius 1 is 0.944 bits per heavy atom. The van der Waals surface area contributed by atoms with E-state index in [0.717, 1.165) is 20.1 Å². The summed E-state index contributed by atoms with van der Waals surface area (Å²) in [5, 5.41) is 1.18. The van der Waals surface area contributed by atoms with Crippen LogP contribution in [-0.2, 0) is 0 Å². The highest BCUT2D eigenvalue weighted by Gasteiger charge is 2.13. The van der Waals surface area contributed by atoms with E-state index in [1.165, 1.54) is 0 Å². The van der Waals surface area contributed by atoms with Gasteiger partial charge in [0.1, 0.15) is 0 Å². The normalized spacial score (nSPS) is 12.5. The van der Waals surface area contributed by atoms with Crippen molar-refractivity contribution in [3.05, 3.63) is 66.5 Å². The van der Waals surface area contributed by atoms with E-state index < -0.39 is 0 Å². The van der Waals surface area contributed by atoms with Gasteiger partial charge in [0.05, 0.1) is 6.04 Å². The minimum atomic E-state index is -0.288. The minimum absolute atomic E-state index is 0.288. The zero-order chi connectivity index (χ0) is 13.3. The lowest BCUT2D eigenvalue weighted by Crippen LogP contribution is -2.12. The van der Waals surface area contributed by atoms with E-state index in [2.05, 4.69) is 31.9 Å². The second-order valence-electron chi connectivity index (χ2n) is 3.85. The molecule has 2 rings (SSSR count). The van der Waals surface area contributed by atoms with Gasteiger partial charge in [0.2, 0.25) is 0 Å². The molecular formula is C13H9Br2Cl2N. The van der Waals surface area contributed by atoms with Crippen LogP contribution in [0.1, 0.15) is 17.2 Å². The second-order valence-corrected chi connectivity index (χ2v) is 6.52. The van der Waals surface area contributed by atoms with E-state index in [9.17, 15) is 0 Å². The van der Waals surface area contributed by atoms with Gasteiger partial charge in [-0.25, -0.2) is 0 Å². The molecule has 1 atom stereocenters. The van der Waals surface area contributed by atoms with Crippen LogP contribution < -0.4 is 5.73 Å². The van der Waals surface area contributed by atoms with Gasteiger partial charge in [-0.05, 0) is 41.5 Å². The summed E-state index contributed by atoms with van der Waals surface area (Å²) in [5.41, 5.74) is 8.06. The molecule has 0 bridgehead atoms. The van der Waals surface area contributed by atoms with E-state index in [-0.39, 0.29) is 6.04 Å². The average molecular weight is 410 g/mol. The van der Waals surface area contributed by atoms with Gasteiger partial charge < -0.3 is 5.73 Å². The predicted molar refractivity (Wildman–Crippen MR) is 84.3 cm³/mol. The van der Waals surface area contributed by atoms with E-state index in [0.29, 0.717) is 10.0 Å². The largest absolute Gasteiger partial charge is 0.320 e. The molecule has 0 aliphatic rings. The highest BCUT2D eigenvalue weighted by Crippen LogP contribution is 2.31. The van der Waals surface area contributed by atoms with E-state index >= 15 is 0 Å². The molecule has 0 saturated carbocycles. The molecule has 2 aromatic rings. The number of hydrogen-bond acceptors (Lipinski definition) is 1. The topological polar surface area (TPSA) is 26.0 Å². The van der Waals surface area contributed by atoms with Crippen molar-refractivity contribution in [3.63, 3.8) is 0 Å². The molecule has 0 amide bonds. The van der Waals surface area contributed by atoms with Gasteiger partial charge in [-0.2, -0.15) is 0 Å². The van der Waals surface area contributed by atoms with E-state index in [4.69, 9.17) is 28.9 Å². The Morgan fingerprint density at radius 3 is 2.11 bits per heavy atom. The molecule has 0 saturated heterocycles. The fourth-order valence-corrected chi connectivity index (χ4v) is 3.54. The number of rotatable bonds is 2.